The maximum absolute atomic E-state index is 12.3. The molecule has 0 saturated carbocycles. The monoisotopic (exact) mass is 411 g/mol. The molecular weight excluding hydrogens is 390 g/mol. The average molecular weight is 411 g/mol. The van der Waals surface area contributed by atoms with E-state index in [1.165, 1.54) is 18.8 Å². The number of carbonyl (C=O) groups excluding carboxylic acids is 2. The maximum atomic E-state index is 12.3. The Morgan fingerprint density at radius 1 is 1.14 bits per heavy atom. The number of allylic oxidation sites excluding steroid dienone is 1. The number of aliphatic imine (C=N–C) groups is 1. The molecule has 1 aliphatic heterocycles. The Labute approximate surface area is 172 Å². The third kappa shape index (κ3) is 4.72. The van der Waals surface area contributed by atoms with Crippen LogP contribution in [-0.2, 0) is 0 Å². The number of carbonyl (C=O) groups is 2. The molecule has 29 heavy (non-hydrogen) atoms. The molecule has 5 N–H and O–H groups in total. The van der Waals surface area contributed by atoms with Crippen LogP contribution in [-0.4, -0.2) is 41.5 Å². The van der Waals surface area contributed by atoms with Gasteiger partial charge in [0.05, 0.1) is 16.9 Å². The summed E-state index contributed by atoms with van der Waals surface area (Å²) < 4.78 is 0. The number of thioether (sulfide) groups is 1. The Balaban J connectivity index is 2.00. The van der Waals surface area contributed by atoms with Gasteiger partial charge in [-0.2, -0.15) is 0 Å². The fraction of sp³-hybridized carbons (Fsp3) is 0.211. The van der Waals surface area contributed by atoms with Crippen LogP contribution in [0.25, 0.3) is 0 Å². The lowest BCUT2D eigenvalue weighted by Crippen LogP contribution is -2.22. The molecule has 1 aromatic heterocycles. The van der Waals surface area contributed by atoms with E-state index in [9.17, 15) is 9.59 Å². The molecule has 0 bridgehead atoms. The summed E-state index contributed by atoms with van der Waals surface area (Å²) in [5.41, 5.74) is 7.06. The van der Waals surface area contributed by atoms with Gasteiger partial charge in [0.25, 0.3) is 5.91 Å². The first-order valence-electron chi connectivity index (χ1n) is 8.86. The number of nitrogens with zero attached hydrogens (tertiary/aromatic N) is 3. The largest absolute Gasteiger partial charge is 0.366 e. The van der Waals surface area contributed by atoms with Crippen LogP contribution in [0, 0.1) is 0 Å². The summed E-state index contributed by atoms with van der Waals surface area (Å²) in [6.07, 6.45) is 7.42. The molecule has 0 atom stereocenters. The Hall–Kier alpha value is -3.40. The number of primary amides is 1. The maximum Gasteiger partial charge on any atom is 0.273 e. The minimum atomic E-state index is -0.526. The summed E-state index contributed by atoms with van der Waals surface area (Å²) in [5, 5.41) is 17.0. The number of aromatic nitrogens is 2. The minimum absolute atomic E-state index is 0.121. The van der Waals surface area contributed by atoms with Crippen molar-refractivity contribution in [3.05, 3.63) is 47.4 Å². The molecule has 10 heteroatoms. The molecule has 2 aromatic rings. The predicted molar refractivity (Wildman–Crippen MR) is 115 cm³/mol. The number of nitrogens with one attached hydrogen (secondary N) is 3. The van der Waals surface area contributed by atoms with E-state index >= 15 is 0 Å². The Kier molecular flexibility index (Phi) is 6.45. The standard InChI is InChI=1S/C19H21N7O2S/c1-21-19(28)16-13(10-15(25-26-16)24-14-8-3-4-9-22-14)23-12-7-5-6-11(18(20)27)17(12)29-2/h5-10H,3-4H2,1-2H3,(H2,20,27)(H,21,28)(H2,23,24,25). The van der Waals surface area contributed by atoms with Gasteiger partial charge in [-0.05, 0) is 37.3 Å². The molecular formula is C19H21N7O2S. The van der Waals surface area contributed by atoms with E-state index in [0.717, 1.165) is 12.8 Å². The second kappa shape index (κ2) is 9.20. The van der Waals surface area contributed by atoms with Crippen LogP contribution in [0.1, 0.15) is 33.7 Å². The number of benzene rings is 1. The van der Waals surface area contributed by atoms with Crippen molar-refractivity contribution in [1.82, 2.24) is 15.5 Å². The summed E-state index contributed by atoms with van der Waals surface area (Å²) >= 11 is 1.38. The van der Waals surface area contributed by atoms with E-state index in [4.69, 9.17) is 5.73 Å². The fourth-order valence-corrected chi connectivity index (χ4v) is 3.48. The summed E-state index contributed by atoms with van der Waals surface area (Å²) in [6, 6.07) is 6.85. The zero-order valence-corrected chi connectivity index (χ0v) is 16.8. The van der Waals surface area contributed by atoms with Gasteiger partial charge >= 0.3 is 0 Å². The fourth-order valence-electron chi connectivity index (χ4n) is 2.75. The number of rotatable bonds is 7. The van der Waals surface area contributed by atoms with E-state index in [-0.39, 0.29) is 5.69 Å². The normalized spacial score (nSPS) is 12.8. The molecule has 3 rings (SSSR count). The molecule has 150 valence electrons. The SMILES string of the molecule is CNC(=O)c1nnc(NC2=CCCC=N2)cc1Nc1cccc(C(N)=O)c1SC. The van der Waals surface area contributed by atoms with E-state index in [1.807, 2.05) is 18.5 Å². The summed E-state index contributed by atoms with van der Waals surface area (Å²) in [4.78, 5) is 29.0. The Morgan fingerprint density at radius 2 is 1.97 bits per heavy atom. The van der Waals surface area contributed by atoms with Gasteiger partial charge in [-0.1, -0.05) is 6.07 Å². The number of amides is 2. The highest BCUT2D eigenvalue weighted by atomic mass is 32.2. The third-order valence-corrected chi connectivity index (χ3v) is 4.96. The molecule has 0 radical (unpaired) electrons. The van der Waals surface area contributed by atoms with Crippen molar-refractivity contribution < 1.29 is 9.59 Å². The van der Waals surface area contributed by atoms with E-state index in [1.54, 1.807) is 24.3 Å². The summed E-state index contributed by atoms with van der Waals surface area (Å²) in [5.74, 6) is 0.187. The molecule has 0 unspecified atom stereocenters. The molecule has 9 nitrogen and oxygen atoms in total. The van der Waals surface area contributed by atoms with Gasteiger partial charge in [0.1, 0.15) is 5.82 Å². The van der Waals surface area contributed by atoms with Gasteiger partial charge in [0.2, 0.25) is 5.91 Å². The van der Waals surface area contributed by atoms with Crippen LogP contribution >= 0.6 is 11.8 Å². The molecule has 1 aromatic carbocycles. The zero-order valence-electron chi connectivity index (χ0n) is 16.0. The lowest BCUT2D eigenvalue weighted by Gasteiger charge is -2.16. The number of hydrogen-bond acceptors (Lipinski definition) is 8. The quantitative estimate of drug-likeness (QED) is 0.514. The molecule has 0 fully saturated rings. The highest BCUT2D eigenvalue weighted by Crippen LogP contribution is 2.32. The summed E-state index contributed by atoms with van der Waals surface area (Å²) in [6.45, 7) is 0. The smallest absolute Gasteiger partial charge is 0.273 e. The van der Waals surface area contributed by atoms with Gasteiger partial charge in [-0.3, -0.25) is 9.59 Å². The van der Waals surface area contributed by atoms with Crippen LogP contribution < -0.4 is 21.7 Å². The van der Waals surface area contributed by atoms with Gasteiger partial charge in [0, 0.05) is 24.2 Å². The topological polar surface area (TPSA) is 134 Å². The highest BCUT2D eigenvalue weighted by Gasteiger charge is 2.18. The second-order valence-electron chi connectivity index (χ2n) is 6.05. The van der Waals surface area contributed by atoms with E-state index in [2.05, 4.69) is 31.1 Å². The lowest BCUT2D eigenvalue weighted by molar-refractivity contribution is 0.0956. The van der Waals surface area contributed by atoms with Crippen LogP contribution in [0.5, 0.6) is 0 Å². The molecule has 0 aliphatic carbocycles. The van der Waals surface area contributed by atoms with Crippen LogP contribution in [0.15, 0.2) is 46.1 Å². The lowest BCUT2D eigenvalue weighted by atomic mass is 10.1. The van der Waals surface area contributed by atoms with Crippen LogP contribution in [0.2, 0.25) is 0 Å². The molecule has 1 aliphatic rings. The number of hydrogen-bond donors (Lipinski definition) is 4. The molecule has 0 spiro atoms. The molecule has 2 heterocycles. The Morgan fingerprint density at radius 3 is 2.62 bits per heavy atom. The summed E-state index contributed by atoms with van der Waals surface area (Å²) in [7, 11) is 1.52. The molecule has 0 saturated heterocycles. The average Bonchev–Trinajstić information content (AvgIpc) is 2.74. The highest BCUT2D eigenvalue weighted by molar-refractivity contribution is 7.98. The first kappa shape index (κ1) is 20.3. The van der Waals surface area contributed by atoms with Gasteiger partial charge < -0.3 is 21.7 Å². The number of anilines is 3. The Bertz CT molecular complexity index is 1000. The van der Waals surface area contributed by atoms with Crippen molar-refractivity contribution in [2.45, 2.75) is 17.7 Å². The first-order valence-corrected chi connectivity index (χ1v) is 10.1. The van der Waals surface area contributed by atoms with Gasteiger partial charge in [0.15, 0.2) is 11.5 Å². The molecule has 2 amide bonds. The van der Waals surface area contributed by atoms with Crippen LogP contribution in [0.4, 0.5) is 17.2 Å². The van der Waals surface area contributed by atoms with E-state index < -0.39 is 11.8 Å². The van der Waals surface area contributed by atoms with Crippen molar-refractivity contribution in [3.8, 4) is 0 Å². The van der Waals surface area contributed by atoms with Crippen molar-refractivity contribution >= 4 is 47.0 Å². The third-order valence-electron chi connectivity index (χ3n) is 4.11. The van der Waals surface area contributed by atoms with Crippen molar-refractivity contribution in [2.75, 3.05) is 23.9 Å². The van der Waals surface area contributed by atoms with Gasteiger partial charge in [-0.15, -0.1) is 22.0 Å². The predicted octanol–water partition coefficient (Wildman–Crippen LogP) is 2.52. The number of nitrogens with two attached hydrogens (primary N) is 1. The van der Waals surface area contributed by atoms with Crippen molar-refractivity contribution in [3.63, 3.8) is 0 Å². The van der Waals surface area contributed by atoms with Crippen molar-refractivity contribution in [1.29, 1.82) is 0 Å². The first-order chi connectivity index (χ1) is 14.0. The van der Waals surface area contributed by atoms with Crippen molar-refractivity contribution in [2.24, 2.45) is 10.7 Å². The zero-order chi connectivity index (χ0) is 20.8. The van der Waals surface area contributed by atoms with E-state index in [0.29, 0.717) is 33.5 Å². The minimum Gasteiger partial charge on any atom is -0.366 e. The van der Waals surface area contributed by atoms with Gasteiger partial charge in [-0.25, -0.2) is 4.99 Å². The van der Waals surface area contributed by atoms with Crippen LogP contribution in [0.3, 0.4) is 0 Å². The second-order valence-corrected chi connectivity index (χ2v) is 6.87.